The molecule has 0 bridgehead atoms. The van der Waals surface area contributed by atoms with Crippen LogP contribution >= 0.6 is 0 Å². The predicted octanol–water partition coefficient (Wildman–Crippen LogP) is 3.84. The van der Waals surface area contributed by atoms with Crippen LogP contribution in [0.4, 0.5) is 0 Å². The molecule has 4 unspecified atom stereocenters. The molecule has 3 fully saturated rings. The number of fused-ring (bicyclic) bond motifs is 1. The Balaban J connectivity index is 1.49. The van der Waals surface area contributed by atoms with Crippen LogP contribution in [-0.2, 0) is 4.79 Å². The van der Waals surface area contributed by atoms with E-state index in [1.54, 1.807) is 5.57 Å². The van der Waals surface area contributed by atoms with Gasteiger partial charge >= 0.3 is 0 Å². The summed E-state index contributed by atoms with van der Waals surface area (Å²) in [6.45, 7) is 7.57. The first kappa shape index (κ1) is 12.9. The highest BCUT2D eigenvalue weighted by molar-refractivity contribution is 5.96. The van der Waals surface area contributed by atoms with E-state index >= 15 is 0 Å². The number of hydrogen-bond donors (Lipinski definition) is 0. The van der Waals surface area contributed by atoms with Gasteiger partial charge in [-0.2, -0.15) is 0 Å². The number of amides is 1. The minimum Gasteiger partial charge on any atom is -0.311 e. The number of hydrogen-bond acceptors (Lipinski definition) is 1. The Kier molecular flexibility index (Phi) is 2.26. The van der Waals surface area contributed by atoms with Crippen LogP contribution in [0.1, 0.15) is 33.6 Å². The van der Waals surface area contributed by atoms with E-state index in [2.05, 4.69) is 50.0 Å². The first-order chi connectivity index (χ1) is 10.5. The van der Waals surface area contributed by atoms with Gasteiger partial charge in [-0.3, -0.25) is 4.79 Å². The van der Waals surface area contributed by atoms with Gasteiger partial charge in [0.25, 0.3) is 0 Å². The lowest BCUT2D eigenvalue weighted by Gasteiger charge is -2.24. The number of likely N-dealkylation sites (tertiary alicyclic amines) is 1. The third-order valence-corrected chi connectivity index (χ3v) is 6.61. The Morgan fingerprint density at radius 3 is 2.77 bits per heavy atom. The van der Waals surface area contributed by atoms with Crippen molar-refractivity contribution in [2.24, 2.45) is 29.1 Å². The fourth-order valence-corrected chi connectivity index (χ4v) is 5.15. The summed E-state index contributed by atoms with van der Waals surface area (Å²) >= 11 is 0. The molecule has 0 aromatic rings. The Hall–Kier alpha value is -1.57. The van der Waals surface area contributed by atoms with E-state index in [0.29, 0.717) is 29.6 Å². The van der Waals surface area contributed by atoms with Gasteiger partial charge in [0.15, 0.2) is 0 Å². The highest BCUT2D eigenvalue weighted by Gasteiger charge is 2.68. The summed E-state index contributed by atoms with van der Waals surface area (Å²) in [6, 6.07) is 0. The molecular weight excluding hydrogens is 270 g/mol. The minimum absolute atomic E-state index is 0.133. The van der Waals surface area contributed by atoms with Crippen LogP contribution in [0.25, 0.3) is 0 Å². The molecule has 1 spiro atoms. The van der Waals surface area contributed by atoms with Crippen molar-refractivity contribution in [3.63, 3.8) is 0 Å². The Bertz CT molecular complexity index is 720. The van der Waals surface area contributed by atoms with Gasteiger partial charge in [0.1, 0.15) is 0 Å². The van der Waals surface area contributed by atoms with Crippen molar-refractivity contribution in [2.45, 2.75) is 33.6 Å². The Morgan fingerprint density at radius 2 is 2.00 bits per heavy atom. The smallest absolute Gasteiger partial charge is 0.238 e. The lowest BCUT2D eigenvalue weighted by molar-refractivity contribution is -0.130. The van der Waals surface area contributed by atoms with Crippen molar-refractivity contribution in [1.82, 2.24) is 4.90 Å². The Labute approximate surface area is 132 Å². The molecule has 22 heavy (non-hydrogen) atoms. The zero-order valence-corrected chi connectivity index (χ0v) is 13.6. The molecule has 0 aromatic carbocycles. The summed E-state index contributed by atoms with van der Waals surface area (Å²) in [7, 11) is 0. The van der Waals surface area contributed by atoms with Crippen LogP contribution in [0.2, 0.25) is 0 Å². The molecule has 114 valence electrons. The largest absolute Gasteiger partial charge is 0.311 e. The molecule has 0 radical (unpaired) electrons. The summed E-state index contributed by atoms with van der Waals surface area (Å²) in [5.74, 6) is 2.82. The first-order valence-corrected chi connectivity index (χ1v) is 8.65. The van der Waals surface area contributed by atoms with Crippen molar-refractivity contribution >= 4 is 5.91 Å². The molecule has 4 atom stereocenters. The molecule has 5 rings (SSSR count). The van der Waals surface area contributed by atoms with Gasteiger partial charge in [-0.25, -0.2) is 0 Å². The Morgan fingerprint density at radius 1 is 1.18 bits per heavy atom. The fraction of sp³-hybridized carbons (Fsp3) is 0.550. The third-order valence-electron chi connectivity index (χ3n) is 6.61. The van der Waals surface area contributed by atoms with Crippen molar-refractivity contribution in [1.29, 1.82) is 0 Å². The highest BCUT2D eigenvalue weighted by Crippen LogP contribution is 2.67. The lowest BCUT2D eigenvalue weighted by Crippen LogP contribution is -2.30. The molecule has 2 nitrogen and oxygen atoms in total. The van der Waals surface area contributed by atoms with Gasteiger partial charge in [-0.05, 0) is 49.2 Å². The van der Waals surface area contributed by atoms with Gasteiger partial charge in [-0.1, -0.05) is 43.2 Å². The SMILES string of the molecule is CC1=CC=C2CN(C3=CC=C(C(C)C)C4CC34)C(=O)C23CC13. The van der Waals surface area contributed by atoms with Crippen molar-refractivity contribution in [2.75, 3.05) is 6.54 Å². The van der Waals surface area contributed by atoms with Crippen LogP contribution in [0, 0.1) is 29.1 Å². The van der Waals surface area contributed by atoms with Gasteiger partial charge in [-0.15, -0.1) is 0 Å². The van der Waals surface area contributed by atoms with Gasteiger partial charge < -0.3 is 4.90 Å². The monoisotopic (exact) mass is 293 g/mol. The quantitative estimate of drug-likeness (QED) is 0.757. The molecule has 4 aliphatic carbocycles. The molecule has 1 amide bonds. The van der Waals surface area contributed by atoms with E-state index in [1.807, 2.05) is 0 Å². The van der Waals surface area contributed by atoms with Gasteiger partial charge in [0, 0.05) is 18.2 Å². The standard InChI is InChI=1S/C20H23NO/c1-11(2)14-6-7-18(16-8-15(14)16)21-10-13-5-4-12(3)17-9-20(13,17)19(21)22/h4-7,11,15-17H,8-10H2,1-3H3. The van der Waals surface area contributed by atoms with Gasteiger partial charge in [0.2, 0.25) is 5.91 Å². The van der Waals surface area contributed by atoms with Gasteiger partial charge in [0.05, 0.1) is 5.41 Å². The topological polar surface area (TPSA) is 20.3 Å². The maximum absolute atomic E-state index is 13.1. The molecule has 1 heterocycles. The average Bonchev–Trinajstić information content (AvgIpc) is 3.36. The number of allylic oxidation sites excluding steroid dienone is 7. The van der Waals surface area contributed by atoms with Crippen LogP contribution in [0.3, 0.4) is 0 Å². The van der Waals surface area contributed by atoms with Crippen LogP contribution in [0.15, 0.2) is 46.7 Å². The molecule has 0 N–H and O–H groups in total. The molecule has 2 saturated carbocycles. The summed E-state index contributed by atoms with van der Waals surface area (Å²) < 4.78 is 0. The van der Waals surface area contributed by atoms with Crippen LogP contribution < -0.4 is 0 Å². The van der Waals surface area contributed by atoms with Crippen molar-refractivity contribution in [3.05, 3.63) is 46.7 Å². The van der Waals surface area contributed by atoms with E-state index < -0.39 is 0 Å². The normalized spacial score (nSPS) is 41.2. The van der Waals surface area contributed by atoms with E-state index in [9.17, 15) is 4.79 Å². The molecule has 1 saturated heterocycles. The zero-order valence-electron chi connectivity index (χ0n) is 13.6. The fourth-order valence-electron chi connectivity index (χ4n) is 5.15. The molecule has 5 aliphatic rings. The third kappa shape index (κ3) is 1.39. The minimum atomic E-state index is -0.133. The highest BCUT2D eigenvalue weighted by atomic mass is 16.2. The predicted molar refractivity (Wildman–Crippen MR) is 86.7 cm³/mol. The molecule has 1 aliphatic heterocycles. The van der Waals surface area contributed by atoms with Crippen molar-refractivity contribution in [3.8, 4) is 0 Å². The maximum atomic E-state index is 13.1. The molecule has 2 heteroatoms. The number of carbonyl (C=O) groups excluding carboxylic acids is 1. The van der Waals surface area contributed by atoms with Crippen LogP contribution in [0.5, 0.6) is 0 Å². The van der Waals surface area contributed by atoms with Crippen molar-refractivity contribution < 1.29 is 4.79 Å². The summed E-state index contributed by atoms with van der Waals surface area (Å²) in [5.41, 5.74) is 5.50. The maximum Gasteiger partial charge on any atom is 0.238 e. The average molecular weight is 293 g/mol. The zero-order chi connectivity index (χ0) is 15.2. The second-order valence-electron chi connectivity index (χ2n) is 8.08. The van der Waals surface area contributed by atoms with Crippen LogP contribution in [-0.4, -0.2) is 17.4 Å². The first-order valence-electron chi connectivity index (χ1n) is 8.65. The van der Waals surface area contributed by atoms with E-state index in [4.69, 9.17) is 0 Å². The summed E-state index contributed by atoms with van der Waals surface area (Å²) in [4.78, 5) is 15.2. The second-order valence-corrected chi connectivity index (χ2v) is 8.08. The van der Waals surface area contributed by atoms with E-state index in [-0.39, 0.29) is 5.41 Å². The number of carbonyl (C=O) groups is 1. The van der Waals surface area contributed by atoms with E-state index in [1.165, 1.54) is 23.3 Å². The summed E-state index contributed by atoms with van der Waals surface area (Å²) in [6.07, 6.45) is 11.3. The summed E-state index contributed by atoms with van der Waals surface area (Å²) in [5, 5.41) is 0. The second kappa shape index (κ2) is 3.84. The number of nitrogens with zero attached hydrogens (tertiary/aromatic N) is 1. The lowest BCUT2D eigenvalue weighted by atomic mass is 9.89. The molecular formula is C20H23NO. The van der Waals surface area contributed by atoms with E-state index in [0.717, 1.165) is 13.0 Å². The number of rotatable bonds is 2. The molecule has 0 aromatic heterocycles.